The third-order valence-electron chi connectivity index (χ3n) is 2.13. The lowest BCUT2D eigenvalue weighted by Crippen LogP contribution is -2.03. The number of anilines is 1. The van der Waals surface area contributed by atoms with Crippen molar-refractivity contribution < 1.29 is 0 Å². The molecular weight excluding hydrogens is 238 g/mol. The second-order valence-corrected chi connectivity index (χ2v) is 4.40. The molecule has 1 N–H and O–H groups in total. The van der Waals surface area contributed by atoms with E-state index in [1.807, 2.05) is 6.07 Å². The van der Waals surface area contributed by atoms with Gasteiger partial charge in [-0.15, -0.1) is 6.58 Å². The molecule has 0 aliphatic rings. The number of nitrogens with one attached hydrogen (secondary N) is 1. The Bertz CT molecular complexity index is 331. The molecule has 14 heavy (non-hydrogen) atoms. The highest BCUT2D eigenvalue weighted by Crippen LogP contribution is 2.23. The highest BCUT2D eigenvalue weighted by atomic mass is 79.9. The second-order valence-electron chi connectivity index (χ2n) is 3.55. The Labute approximate surface area is 94.3 Å². The van der Waals surface area contributed by atoms with E-state index in [-0.39, 0.29) is 0 Å². The van der Waals surface area contributed by atoms with E-state index in [0.29, 0.717) is 0 Å². The Balaban J connectivity index is 2.59. The van der Waals surface area contributed by atoms with Gasteiger partial charge in [0.05, 0.1) is 0 Å². The van der Waals surface area contributed by atoms with Crippen molar-refractivity contribution in [2.24, 2.45) is 0 Å². The molecule has 0 bridgehead atoms. The third-order valence-corrected chi connectivity index (χ3v) is 2.99. The van der Waals surface area contributed by atoms with Crippen LogP contribution in [0.5, 0.6) is 0 Å². The van der Waals surface area contributed by atoms with Crippen molar-refractivity contribution in [3.8, 4) is 0 Å². The smallest absolute Gasteiger partial charge is 0.0381 e. The normalized spacial score (nSPS) is 9.93. The molecular formula is C12H16BrN. The molecule has 0 unspecified atom stereocenters. The monoisotopic (exact) mass is 253 g/mol. The summed E-state index contributed by atoms with van der Waals surface area (Å²) in [5.41, 5.74) is 3.67. The highest BCUT2D eigenvalue weighted by molar-refractivity contribution is 9.10. The predicted molar refractivity (Wildman–Crippen MR) is 66.8 cm³/mol. The van der Waals surface area contributed by atoms with Crippen LogP contribution in [0.3, 0.4) is 0 Å². The maximum Gasteiger partial charge on any atom is 0.0381 e. The molecule has 1 nitrogen and oxygen atoms in total. The Hall–Kier alpha value is -0.760. The standard InChI is InChI=1S/C12H16BrN/c1-9(2)7-8-14-12-6-4-5-11(13)10(12)3/h4-6,14H,1,7-8H2,2-3H3. The van der Waals surface area contributed by atoms with Crippen molar-refractivity contribution in [2.45, 2.75) is 20.3 Å². The number of rotatable bonds is 4. The Morgan fingerprint density at radius 3 is 2.86 bits per heavy atom. The fraction of sp³-hybridized carbons (Fsp3) is 0.333. The molecule has 0 aliphatic carbocycles. The minimum absolute atomic E-state index is 0.951. The highest BCUT2D eigenvalue weighted by Gasteiger charge is 1.99. The van der Waals surface area contributed by atoms with Crippen molar-refractivity contribution in [1.29, 1.82) is 0 Å². The van der Waals surface area contributed by atoms with E-state index in [4.69, 9.17) is 0 Å². The first-order valence-electron chi connectivity index (χ1n) is 4.74. The van der Waals surface area contributed by atoms with Crippen LogP contribution in [0, 0.1) is 6.92 Å². The van der Waals surface area contributed by atoms with Crippen molar-refractivity contribution in [2.75, 3.05) is 11.9 Å². The first kappa shape index (κ1) is 11.3. The maximum atomic E-state index is 3.88. The van der Waals surface area contributed by atoms with E-state index in [9.17, 15) is 0 Å². The predicted octanol–water partition coefficient (Wildman–Crippen LogP) is 4.14. The summed E-state index contributed by atoms with van der Waals surface area (Å²) in [5.74, 6) is 0. The first-order chi connectivity index (χ1) is 6.61. The lowest BCUT2D eigenvalue weighted by atomic mass is 10.2. The lowest BCUT2D eigenvalue weighted by Gasteiger charge is -2.10. The summed E-state index contributed by atoms with van der Waals surface area (Å²) < 4.78 is 1.15. The summed E-state index contributed by atoms with van der Waals surface area (Å²) in [7, 11) is 0. The van der Waals surface area contributed by atoms with Crippen LogP contribution in [0.1, 0.15) is 18.9 Å². The van der Waals surface area contributed by atoms with Gasteiger partial charge in [-0.05, 0) is 38.0 Å². The summed E-state index contributed by atoms with van der Waals surface area (Å²) >= 11 is 3.51. The van der Waals surface area contributed by atoms with Gasteiger partial charge in [0, 0.05) is 16.7 Å². The van der Waals surface area contributed by atoms with Crippen LogP contribution in [0.25, 0.3) is 0 Å². The molecule has 0 heterocycles. The van der Waals surface area contributed by atoms with Crippen LogP contribution in [0.2, 0.25) is 0 Å². The minimum Gasteiger partial charge on any atom is -0.384 e. The van der Waals surface area contributed by atoms with Gasteiger partial charge in [0.25, 0.3) is 0 Å². The van der Waals surface area contributed by atoms with Gasteiger partial charge in [0.2, 0.25) is 0 Å². The van der Waals surface area contributed by atoms with E-state index in [1.165, 1.54) is 16.8 Å². The minimum atomic E-state index is 0.951. The number of hydrogen-bond donors (Lipinski definition) is 1. The topological polar surface area (TPSA) is 12.0 Å². The second kappa shape index (κ2) is 5.20. The molecule has 0 amide bonds. The average Bonchev–Trinajstić information content (AvgIpc) is 2.12. The zero-order valence-corrected chi connectivity index (χ0v) is 10.3. The molecule has 1 aromatic carbocycles. The Morgan fingerprint density at radius 2 is 2.21 bits per heavy atom. The van der Waals surface area contributed by atoms with Crippen LogP contribution < -0.4 is 5.32 Å². The zero-order chi connectivity index (χ0) is 10.6. The molecule has 0 atom stereocenters. The van der Waals surface area contributed by atoms with Gasteiger partial charge in [0.1, 0.15) is 0 Å². The lowest BCUT2D eigenvalue weighted by molar-refractivity contribution is 0.999. The van der Waals surface area contributed by atoms with E-state index in [0.717, 1.165) is 17.4 Å². The van der Waals surface area contributed by atoms with E-state index in [1.54, 1.807) is 0 Å². The van der Waals surface area contributed by atoms with Gasteiger partial charge in [-0.3, -0.25) is 0 Å². The summed E-state index contributed by atoms with van der Waals surface area (Å²) in [4.78, 5) is 0. The van der Waals surface area contributed by atoms with Gasteiger partial charge >= 0.3 is 0 Å². The fourth-order valence-corrected chi connectivity index (χ4v) is 1.58. The van der Waals surface area contributed by atoms with Crippen LogP contribution in [-0.4, -0.2) is 6.54 Å². The fourth-order valence-electron chi connectivity index (χ4n) is 1.21. The third kappa shape index (κ3) is 3.18. The summed E-state index contributed by atoms with van der Waals surface area (Å²) in [6, 6.07) is 6.19. The molecule has 0 saturated carbocycles. The van der Waals surface area contributed by atoms with E-state index >= 15 is 0 Å². The van der Waals surface area contributed by atoms with Crippen molar-refractivity contribution >= 4 is 21.6 Å². The van der Waals surface area contributed by atoms with Crippen LogP contribution in [0.15, 0.2) is 34.8 Å². The summed E-state index contributed by atoms with van der Waals surface area (Å²) in [5, 5.41) is 3.39. The molecule has 76 valence electrons. The number of hydrogen-bond acceptors (Lipinski definition) is 1. The molecule has 0 radical (unpaired) electrons. The molecule has 0 spiro atoms. The molecule has 0 saturated heterocycles. The zero-order valence-electron chi connectivity index (χ0n) is 8.73. The maximum absolute atomic E-state index is 3.88. The SMILES string of the molecule is C=C(C)CCNc1cccc(Br)c1C. The molecule has 0 fully saturated rings. The molecule has 1 rings (SSSR count). The van der Waals surface area contributed by atoms with Gasteiger partial charge in [0.15, 0.2) is 0 Å². The van der Waals surface area contributed by atoms with Crippen molar-refractivity contribution in [1.82, 2.24) is 0 Å². The quantitative estimate of drug-likeness (QED) is 0.796. The largest absolute Gasteiger partial charge is 0.384 e. The van der Waals surface area contributed by atoms with Crippen LogP contribution in [0.4, 0.5) is 5.69 Å². The average molecular weight is 254 g/mol. The van der Waals surface area contributed by atoms with Gasteiger partial charge in [-0.2, -0.15) is 0 Å². The summed E-state index contributed by atoms with van der Waals surface area (Å²) in [6.45, 7) is 8.98. The van der Waals surface area contributed by atoms with Gasteiger partial charge in [-0.1, -0.05) is 27.6 Å². The van der Waals surface area contributed by atoms with Gasteiger partial charge in [-0.25, -0.2) is 0 Å². The van der Waals surface area contributed by atoms with Crippen molar-refractivity contribution in [3.63, 3.8) is 0 Å². The molecule has 1 aromatic rings. The Morgan fingerprint density at radius 1 is 1.50 bits per heavy atom. The molecule has 0 aromatic heterocycles. The first-order valence-corrected chi connectivity index (χ1v) is 5.54. The molecule has 2 heteroatoms. The van der Waals surface area contributed by atoms with E-state index < -0.39 is 0 Å². The number of halogens is 1. The number of benzene rings is 1. The van der Waals surface area contributed by atoms with Crippen LogP contribution in [-0.2, 0) is 0 Å². The van der Waals surface area contributed by atoms with Crippen LogP contribution >= 0.6 is 15.9 Å². The Kier molecular flexibility index (Phi) is 4.21. The van der Waals surface area contributed by atoms with Gasteiger partial charge < -0.3 is 5.32 Å². The molecule has 0 aliphatic heterocycles. The van der Waals surface area contributed by atoms with Crippen molar-refractivity contribution in [3.05, 3.63) is 40.4 Å². The summed E-state index contributed by atoms with van der Waals surface area (Å²) in [6.07, 6.45) is 1.02. The van der Waals surface area contributed by atoms with E-state index in [2.05, 4.69) is 53.8 Å².